The summed E-state index contributed by atoms with van der Waals surface area (Å²) in [5.74, 6) is -1.16. The van der Waals surface area contributed by atoms with E-state index in [2.05, 4.69) is 10.3 Å². The van der Waals surface area contributed by atoms with Gasteiger partial charge < -0.3 is 5.32 Å². The lowest BCUT2D eigenvalue weighted by molar-refractivity contribution is 0.591. The molecule has 102 valence electrons. The molecule has 0 fully saturated rings. The summed E-state index contributed by atoms with van der Waals surface area (Å²) in [7, 11) is 0. The van der Waals surface area contributed by atoms with Gasteiger partial charge in [-0.2, -0.15) is 0 Å². The van der Waals surface area contributed by atoms with Crippen molar-refractivity contribution in [1.82, 2.24) is 4.98 Å². The van der Waals surface area contributed by atoms with E-state index in [-0.39, 0.29) is 0 Å². The maximum Gasteiger partial charge on any atom is 0.137 e. The molecule has 0 unspecified atom stereocenters. The first-order chi connectivity index (χ1) is 9.08. The molecule has 0 saturated heterocycles. The largest absolute Gasteiger partial charge is 0.384 e. The minimum absolute atomic E-state index is 0.374. The van der Waals surface area contributed by atoms with Crippen molar-refractivity contribution in [1.29, 1.82) is 0 Å². The molecule has 4 heteroatoms. The Morgan fingerprint density at radius 2 is 1.95 bits per heavy atom. The number of halogens is 2. The van der Waals surface area contributed by atoms with Crippen LogP contribution in [0.1, 0.15) is 31.5 Å². The van der Waals surface area contributed by atoms with Crippen LogP contribution in [0.2, 0.25) is 0 Å². The summed E-state index contributed by atoms with van der Waals surface area (Å²) in [5.41, 5.74) is 2.92. The van der Waals surface area contributed by atoms with Gasteiger partial charge in [-0.15, -0.1) is 0 Å². The zero-order chi connectivity index (χ0) is 14.0. The molecule has 1 aromatic heterocycles. The molecule has 19 heavy (non-hydrogen) atoms. The van der Waals surface area contributed by atoms with Crippen LogP contribution >= 0.6 is 0 Å². The van der Waals surface area contributed by atoms with Crippen LogP contribution in [0.5, 0.6) is 0 Å². The highest BCUT2D eigenvalue weighted by atomic mass is 19.1. The zero-order valence-electron chi connectivity index (χ0n) is 11.5. The quantitative estimate of drug-likeness (QED) is 0.895. The van der Waals surface area contributed by atoms with Crippen molar-refractivity contribution in [3.63, 3.8) is 0 Å². The van der Waals surface area contributed by atoms with Crippen LogP contribution < -0.4 is 5.32 Å². The number of anilines is 1. The van der Waals surface area contributed by atoms with Crippen LogP contribution in [0.25, 0.3) is 10.9 Å². The van der Waals surface area contributed by atoms with Crippen molar-refractivity contribution in [3.8, 4) is 0 Å². The minimum Gasteiger partial charge on any atom is -0.384 e. The van der Waals surface area contributed by atoms with E-state index >= 15 is 0 Å². The summed E-state index contributed by atoms with van der Waals surface area (Å²) in [6, 6.07) is 2.19. The molecule has 0 radical (unpaired) electrons. The van der Waals surface area contributed by atoms with Crippen molar-refractivity contribution >= 4 is 16.6 Å². The monoisotopic (exact) mass is 264 g/mol. The normalized spacial score (nSPS) is 11.0. The van der Waals surface area contributed by atoms with E-state index in [1.807, 2.05) is 20.8 Å². The molecule has 0 spiro atoms. The van der Waals surface area contributed by atoms with Crippen LogP contribution in [-0.2, 0) is 6.42 Å². The van der Waals surface area contributed by atoms with Gasteiger partial charge in [0.25, 0.3) is 0 Å². The molecule has 0 bridgehead atoms. The fourth-order valence-corrected chi connectivity index (χ4v) is 2.27. The maximum absolute atomic E-state index is 14.0. The fraction of sp³-hybridized carbons (Fsp3) is 0.400. The molecular weight excluding hydrogens is 246 g/mol. The van der Waals surface area contributed by atoms with E-state index in [9.17, 15) is 8.78 Å². The molecule has 1 N–H and O–H groups in total. The highest BCUT2D eigenvalue weighted by molar-refractivity contribution is 5.94. The van der Waals surface area contributed by atoms with Gasteiger partial charge in [-0.3, -0.25) is 4.98 Å². The Balaban J connectivity index is 2.75. The number of aromatic nitrogens is 1. The van der Waals surface area contributed by atoms with Crippen molar-refractivity contribution in [3.05, 3.63) is 35.0 Å². The van der Waals surface area contributed by atoms with Gasteiger partial charge in [-0.25, -0.2) is 8.78 Å². The Morgan fingerprint density at radius 1 is 1.21 bits per heavy atom. The second-order valence-corrected chi connectivity index (χ2v) is 4.62. The Morgan fingerprint density at radius 3 is 2.58 bits per heavy atom. The lowest BCUT2D eigenvalue weighted by Crippen LogP contribution is -2.07. The summed E-state index contributed by atoms with van der Waals surface area (Å²) < 4.78 is 27.3. The maximum atomic E-state index is 14.0. The van der Waals surface area contributed by atoms with Crippen molar-refractivity contribution in [2.45, 2.75) is 33.6 Å². The summed E-state index contributed by atoms with van der Waals surface area (Å²) >= 11 is 0. The van der Waals surface area contributed by atoms with Gasteiger partial charge in [0.05, 0.1) is 16.6 Å². The Labute approximate surface area is 111 Å². The summed E-state index contributed by atoms with van der Waals surface area (Å²) in [6.45, 7) is 6.70. The molecule has 0 aliphatic heterocycles. The zero-order valence-corrected chi connectivity index (χ0v) is 11.5. The first-order valence-electron chi connectivity index (χ1n) is 6.60. The molecule has 2 nitrogen and oxygen atoms in total. The van der Waals surface area contributed by atoms with E-state index in [0.717, 1.165) is 42.4 Å². The van der Waals surface area contributed by atoms with Crippen LogP contribution in [0.3, 0.4) is 0 Å². The number of benzene rings is 1. The van der Waals surface area contributed by atoms with Crippen LogP contribution in [-0.4, -0.2) is 11.5 Å². The molecule has 1 heterocycles. The van der Waals surface area contributed by atoms with Crippen molar-refractivity contribution in [2.24, 2.45) is 0 Å². The predicted molar refractivity (Wildman–Crippen MR) is 74.6 cm³/mol. The minimum atomic E-state index is -0.593. The van der Waals surface area contributed by atoms with Gasteiger partial charge in [-0.1, -0.05) is 13.8 Å². The fourth-order valence-electron chi connectivity index (χ4n) is 2.27. The van der Waals surface area contributed by atoms with Gasteiger partial charge in [-0.05, 0) is 25.3 Å². The van der Waals surface area contributed by atoms with Gasteiger partial charge in [0.15, 0.2) is 0 Å². The van der Waals surface area contributed by atoms with Gasteiger partial charge in [0.2, 0.25) is 0 Å². The van der Waals surface area contributed by atoms with Crippen LogP contribution in [0, 0.1) is 18.6 Å². The molecule has 0 aliphatic rings. The number of nitrogens with one attached hydrogen (secondary N) is 1. The summed E-state index contributed by atoms with van der Waals surface area (Å²) in [5, 5.41) is 3.62. The van der Waals surface area contributed by atoms with E-state index < -0.39 is 11.6 Å². The SMILES string of the molecule is CCCNc1c(C)c(CC)nc2cc(F)cc(F)c12. The van der Waals surface area contributed by atoms with Crippen molar-refractivity contribution < 1.29 is 8.78 Å². The molecule has 1 aromatic carbocycles. The number of hydrogen-bond acceptors (Lipinski definition) is 2. The number of rotatable bonds is 4. The molecule has 2 aromatic rings. The lowest BCUT2D eigenvalue weighted by Gasteiger charge is -2.15. The summed E-state index contributed by atoms with van der Waals surface area (Å²) in [6.07, 6.45) is 1.67. The molecule has 0 amide bonds. The third-order valence-electron chi connectivity index (χ3n) is 3.23. The molecule has 2 rings (SSSR count). The second-order valence-electron chi connectivity index (χ2n) is 4.62. The second kappa shape index (κ2) is 5.51. The number of pyridine rings is 1. The van der Waals surface area contributed by atoms with E-state index in [0.29, 0.717) is 10.9 Å². The first-order valence-corrected chi connectivity index (χ1v) is 6.60. The van der Waals surface area contributed by atoms with Gasteiger partial charge in [0, 0.05) is 24.4 Å². The molecule has 0 aliphatic carbocycles. The van der Waals surface area contributed by atoms with E-state index in [1.54, 1.807) is 0 Å². The molecule has 0 atom stereocenters. The number of aryl methyl sites for hydroxylation is 1. The Hall–Kier alpha value is -1.71. The molecule has 0 saturated carbocycles. The smallest absolute Gasteiger partial charge is 0.137 e. The number of fused-ring (bicyclic) bond motifs is 1. The highest BCUT2D eigenvalue weighted by Gasteiger charge is 2.15. The number of nitrogens with zero attached hydrogens (tertiary/aromatic N) is 1. The van der Waals surface area contributed by atoms with Gasteiger partial charge >= 0.3 is 0 Å². The Kier molecular flexibility index (Phi) is 3.98. The third-order valence-corrected chi connectivity index (χ3v) is 3.23. The first kappa shape index (κ1) is 13.7. The van der Waals surface area contributed by atoms with Crippen molar-refractivity contribution in [2.75, 3.05) is 11.9 Å². The topological polar surface area (TPSA) is 24.9 Å². The summed E-state index contributed by atoms with van der Waals surface area (Å²) in [4.78, 5) is 4.36. The van der Waals surface area contributed by atoms with Gasteiger partial charge in [0.1, 0.15) is 11.6 Å². The highest BCUT2D eigenvalue weighted by Crippen LogP contribution is 2.31. The third kappa shape index (κ3) is 2.53. The van der Waals surface area contributed by atoms with E-state index in [4.69, 9.17) is 0 Å². The average Bonchev–Trinajstić information content (AvgIpc) is 2.37. The van der Waals surface area contributed by atoms with Crippen LogP contribution in [0.15, 0.2) is 12.1 Å². The lowest BCUT2D eigenvalue weighted by atomic mass is 10.0. The average molecular weight is 264 g/mol. The van der Waals surface area contributed by atoms with E-state index in [1.165, 1.54) is 6.07 Å². The van der Waals surface area contributed by atoms with Crippen LogP contribution in [0.4, 0.5) is 14.5 Å². The Bertz CT molecular complexity index is 609. The number of hydrogen-bond donors (Lipinski definition) is 1. The standard InChI is InChI=1S/C15H18F2N2/c1-4-6-18-15-9(3)12(5-2)19-13-8-10(16)7-11(17)14(13)15/h7-8H,4-6H2,1-3H3,(H,18,19). The molecular formula is C15H18F2N2. The predicted octanol–water partition coefficient (Wildman–Crippen LogP) is 4.21.